The van der Waals surface area contributed by atoms with Crippen LogP contribution in [0.1, 0.15) is 19.4 Å². The van der Waals surface area contributed by atoms with E-state index in [-0.39, 0.29) is 16.4 Å². The highest BCUT2D eigenvalue weighted by atomic mass is 35.5. The summed E-state index contributed by atoms with van der Waals surface area (Å²) in [5.41, 5.74) is 1.20. The first-order valence-electron chi connectivity index (χ1n) is 4.93. The molecule has 0 heterocycles. The van der Waals surface area contributed by atoms with Crippen molar-refractivity contribution in [2.24, 2.45) is 5.92 Å². The third-order valence-electron chi connectivity index (χ3n) is 2.08. The van der Waals surface area contributed by atoms with E-state index >= 15 is 0 Å². The molecule has 0 N–H and O–H groups in total. The molecule has 0 fully saturated rings. The summed E-state index contributed by atoms with van der Waals surface area (Å²) in [6.45, 7) is 6.05. The molecule has 0 saturated carbocycles. The van der Waals surface area contributed by atoms with E-state index in [0.717, 1.165) is 4.90 Å². The number of aryl methyl sites for hydroxylation is 1. The molecule has 82 valence electrons. The Morgan fingerprint density at radius 3 is 2.53 bits per heavy atom. The summed E-state index contributed by atoms with van der Waals surface area (Å²) in [6, 6.07) is 8.11. The number of hydrogen-bond donors (Lipinski definition) is 0. The Bertz CT molecular complexity index is 349. The SMILES string of the molecule is Cc1cccc(SC(C(=O)Cl)C(C)C)c1. The van der Waals surface area contributed by atoms with Crippen LogP contribution in [0.3, 0.4) is 0 Å². The lowest BCUT2D eigenvalue weighted by Crippen LogP contribution is -2.18. The molecule has 0 radical (unpaired) electrons. The van der Waals surface area contributed by atoms with Crippen LogP contribution in [0.4, 0.5) is 0 Å². The maximum Gasteiger partial charge on any atom is 0.235 e. The zero-order valence-electron chi connectivity index (χ0n) is 9.16. The van der Waals surface area contributed by atoms with Gasteiger partial charge in [-0.05, 0) is 36.6 Å². The molecule has 1 unspecified atom stereocenters. The lowest BCUT2D eigenvalue weighted by Gasteiger charge is -2.15. The fourth-order valence-corrected chi connectivity index (χ4v) is 2.73. The zero-order chi connectivity index (χ0) is 11.4. The molecule has 0 aliphatic carbocycles. The van der Waals surface area contributed by atoms with Gasteiger partial charge >= 0.3 is 0 Å². The van der Waals surface area contributed by atoms with E-state index in [9.17, 15) is 4.79 Å². The summed E-state index contributed by atoms with van der Waals surface area (Å²) in [5.74, 6) is 0.250. The number of halogens is 1. The van der Waals surface area contributed by atoms with Gasteiger partial charge in [0.2, 0.25) is 5.24 Å². The van der Waals surface area contributed by atoms with E-state index in [0.29, 0.717) is 0 Å². The molecule has 0 aliphatic rings. The highest BCUT2D eigenvalue weighted by Gasteiger charge is 2.21. The van der Waals surface area contributed by atoms with Crippen molar-refractivity contribution in [1.29, 1.82) is 0 Å². The molecule has 1 rings (SSSR count). The third-order valence-corrected chi connectivity index (χ3v) is 3.98. The lowest BCUT2D eigenvalue weighted by molar-refractivity contribution is -0.111. The Labute approximate surface area is 100 Å². The molecule has 0 spiro atoms. The fourth-order valence-electron chi connectivity index (χ4n) is 1.28. The molecule has 0 bridgehead atoms. The second kappa shape index (κ2) is 5.57. The minimum Gasteiger partial charge on any atom is -0.280 e. The average molecular weight is 243 g/mol. The number of carbonyl (C=O) groups is 1. The van der Waals surface area contributed by atoms with Crippen LogP contribution in [0.5, 0.6) is 0 Å². The van der Waals surface area contributed by atoms with Crippen LogP contribution in [-0.4, -0.2) is 10.5 Å². The highest BCUT2D eigenvalue weighted by Crippen LogP contribution is 2.30. The van der Waals surface area contributed by atoms with Gasteiger partial charge in [-0.1, -0.05) is 31.5 Å². The first-order chi connectivity index (χ1) is 7.00. The Morgan fingerprint density at radius 2 is 2.07 bits per heavy atom. The van der Waals surface area contributed by atoms with Gasteiger partial charge < -0.3 is 0 Å². The van der Waals surface area contributed by atoms with E-state index in [1.54, 1.807) is 0 Å². The van der Waals surface area contributed by atoms with Crippen molar-refractivity contribution in [3.8, 4) is 0 Å². The molecule has 1 aromatic carbocycles. The number of rotatable bonds is 4. The molecular weight excluding hydrogens is 228 g/mol. The Morgan fingerprint density at radius 1 is 1.40 bits per heavy atom. The summed E-state index contributed by atoms with van der Waals surface area (Å²) in [6.07, 6.45) is 0. The van der Waals surface area contributed by atoms with Crippen molar-refractivity contribution in [2.75, 3.05) is 0 Å². The highest BCUT2D eigenvalue weighted by molar-refractivity contribution is 8.00. The summed E-state index contributed by atoms with van der Waals surface area (Å²) in [4.78, 5) is 12.3. The van der Waals surface area contributed by atoms with Gasteiger partial charge in [-0.25, -0.2) is 0 Å². The van der Waals surface area contributed by atoms with Crippen molar-refractivity contribution < 1.29 is 4.79 Å². The van der Waals surface area contributed by atoms with Gasteiger partial charge in [0.05, 0.1) is 5.25 Å². The quantitative estimate of drug-likeness (QED) is 0.589. The second-order valence-corrected chi connectivity index (χ2v) is 5.49. The number of benzene rings is 1. The average Bonchev–Trinajstić information content (AvgIpc) is 2.13. The summed E-state index contributed by atoms with van der Waals surface area (Å²) < 4.78 is 0. The van der Waals surface area contributed by atoms with Crippen molar-refractivity contribution >= 4 is 28.6 Å². The standard InChI is InChI=1S/C12H15ClOS/c1-8(2)11(12(13)14)15-10-6-4-5-9(3)7-10/h4-8,11H,1-3H3. The molecule has 0 amide bonds. The normalized spacial score (nSPS) is 12.9. The van der Waals surface area contributed by atoms with Crippen molar-refractivity contribution in [3.63, 3.8) is 0 Å². The number of thioether (sulfide) groups is 1. The van der Waals surface area contributed by atoms with E-state index in [1.807, 2.05) is 39.0 Å². The Kier molecular flexibility index (Phi) is 4.68. The van der Waals surface area contributed by atoms with Crippen LogP contribution >= 0.6 is 23.4 Å². The molecule has 0 aliphatic heterocycles. The van der Waals surface area contributed by atoms with E-state index in [1.165, 1.54) is 17.3 Å². The summed E-state index contributed by atoms with van der Waals surface area (Å²) >= 11 is 7.11. The smallest absolute Gasteiger partial charge is 0.235 e. The van der Waals surface area contributed by atoms with Gasteiger partial charge in [-0.2, -0.15) is 0 Å². The van der Waals surface area contributed by atoms with Gasteiger partial charge in [0.25, 0.3) is 0 Å². The van der Waals surface area contributed by atoms with E-state index < -0.39 is 0 Å². The van der Waals surface area contributed by atoms with Crippen molar-refractivity contribution in [3.05, 3.63) is 29.8 Å². The first kappa shape index (κ1) is 12.6. The molecular formula is C12H15ClOS. The minimum absolute atomic E-state index is 0.159. The zero-order valence-corrected chi connectivity index (χ0v) is 10.7. The molecule has 0 aromatic heterocycles. The van der Waals surface area contributed by atoms with Crippen LogP contribution in [0.15, 0.2) is 29.2 Å². The number of hydrogen-bond acceptors (Lipinski definition) is 2. The maximum atomic E-state index is 11.2. The third kappa shape index (κ3) is 3.88. The van der Waals surface area contributed by atoms with Crippen molar-refractivity contribution in [2.45, 2.75) is 30.9 Å². The number of carbonyl (C=O) groups excluding carboxylic acids is 1. The van der Waals surface area contributed by atoms with Gasteiger partial charge in [-0.3, -0.25) is 4.79 Å². The van der Waals surface area contributed by atoms with Crippen molar-refractivity contribution in [1.82, 2.24) is 0 Å². The molecule has 1 aromatic rings. The van der Waals surface area contributed by atoms with Crippen LogP contribution in [0.2, 0.25) is 0 Å². The molecule has 15 heavy (non-hydrogen) atoms. The molecule has 1 atom stereocenters. The van der Waals surface area contributed by atoms with Gasteiger partial charge in [-0.15, -0.1) is 11.8 Å². The van der Waals surface area contributed by atoms with E-state index in [4.69, 9.17) is 11.6 Å². The Balaban J connectivity index is 2.79. The van der Waals surface area contributed by atoms with E-state index in [2.05, 4.69) is 6.07 Å². The van der Waals surface area contributed by atoms with Gasteiger partial charge in [0, 0.05) is 4.90 Å². The topological polar surface area (TPSA) is 17.1 Å². The van der Waals surface area contributed by atoms with Crippen LogP contribution in [0, 0.1) is 12.8 Å². The van der Waals surface area contributed by atoms with Gasteiger partial charge in [0.15, 0.2) is 0 Å². The summed E-state index contributed by atoms with van der Waals surface area (Å²) in [7, 11) is 0. The minimum atomic E-state index is -0.267. The fraction of sp³-hybridized carbons (Fsp3) is 0.417. The maximum absolute atomic E-state index is 11.2. The van der Waals surface area contributed by atoms with Gasteiger partial charge in [0.1, 0.15) is 0 Å². The first-order valence-corrected chi connectivity index (χ1v) is 6.19. The molecule has 3 heteroatoms. The predicted molar refractivity (Wildman–Crippen MR) is 66.5 cm³/mol. The lowest BCUT2D eigenvalue weighted by atomic mass is 10.1. The van der Waals surface area contributed by atoms with Crippen LogP contribution < -0.4 is 0 Å². The van der Waals surface area contributed by atoms with Crippen LogP contribution in [-0.2, 0) is 4.79 Å². The Hall–Kier alpha value is -0.470. The molecule has 1 nitrogen and oxygen atoms in total. The largest absolute Gasteiger partial charge is 0.280 e. The molecule has 0 saturated heterocycles. The second-order valence-electron chi connectivity index (χ2n) is 3.90. The summed E-state index contributed by atoms with van der Waals surface area (Å²) in [5, 5.41) is -0.426. The van der Waals surface area contributed by atoms with Crippen LogP contribution in [0.25, 0.3) is 0 Å². The monoisotopic (exact) mass is 242 g/mol. The predicted octanol–water partition coefficient (Wildman–Crippen LogP) is 3.88.